The number of phosphoric ester groups is 1. The molecule has 0 aromatic heterocycles. The third-order valence-electron chi connectivity index (χ3n) is 27.3. The molecule has 9 saturated carbocycles. The number of ketones is 6. The van der Waals surface area contributed by atoms with E-state index in [2.05, 4.69) is 11.4 Å². The molecule has 13 aliphatic rings. The molecule has 0 bridgehead atoms. The number of Topliss-reactive ketones (excluding diaryl/α,β-unsaturated/α-hetero) is 3. The number of ether oxygens (including phenoxy) is 3. The highest BCUT2D eigenvalue weighted by atomic mass is 35.5. The maximum atomic E-state index is 17.2. The normalized spacial score (nSPS) is 49.0. The molecule has 92 heavy (non-hydrogen) atoms. The summed E-state index contributed by atoms with van der Waals surface area (Å²) in [6.45, 7) is 16.6. The Kier molecular flexibility index (Phi) is 17.5. The van der Waals surface area contributed by atoms with Crippen LogP contribution in [-0.2, 0) is 56.9 Å². The van der Waals surface area contributed by atoms with Crippen molar-refractivity contribution in [3.05, 3.63) is 47.1 Å². The molecule has 10 fully saturated rings. The smallest absolute Gasteiger partial charge is 0.458 e. The lowest BCUT2D eigenvalue weighted by atomic mass is 9.44. The first-order valence-corrected chi connectivity index (χ1v) is 35.2. The Bertz CT molecular complexity index is 3310. The Labute approximate surface area is 541 Å². The number of alkyl halides is 3. The summed E-state index contributed by atoms with van der Waals surface area (Å²) in [5.41, 5.74) is -8.96. The number of hydrogen-bond acceptors (Lipinski definition) is 17. The van der Waals surface area contributed by atoms with Crippen molar-refractivity contribution >= 4 is 60.1 Å². The van der Waals surface area contributed by atoms with Gasteiger partial charge in [0.25, 0.3) is 0 Å². The van der Waals surface area contributed by atoms with Gasteiger partial charge in [0.05, 0.1) is 30.3 Å². The second-order valence-corrected chi connectivity index (χ2v) is 33.3. The van der Waals surface area contributed by atoms with Crippen molar-refractivity contribution in [2.75, 3.05) is 19.1 Å². The van der Waals surface area contributed by atoms with Gasteiger partial charge >= 0.3 is 13.8 Å². The summed E-state index contributed by atoms with van der Waals surface area (Å²) in [7, 11) is -4.83. The van der Waals surface area contributed by atoms with Crippen LogP contribution in [0, 0.1) is 85.8 Å². The maximum Gasteiger partial charge on any atom is 0.470 e. The molecule has 0 spiro atoms. The highest BCUT2D eigenvalue weighted by Gasteiger charge is 2.81. The molecule has 19 nitrogen and oxygen atoms in total. The first-order chi connectivity index (χ1) is 42.5. The first kappa shape index (κ1) is 69.8. The van der Waals surface area contributed by atoms with Gasteiger partial charge in [-0.1, -0.05) is 65.7 Å². The molecular weight excluding hydrogens is 1240 g/mol. The van der Waals surface area contributed by atoms with Gasteiger partial charge in [0.2, 0.25) is 5.78 Å². The van der Waals surface area contributed by atoms with Crippen molar-refractivity contribution in [1.29, 1.82) is 0 Å². The summed E-state index contributed by atoms with van der Waals surface area (Å²) in [5, 5.41) is 57.1. The van der Waals surface area contributed by atoms with E-state index in [4.69, 9.17) is 35.6 Å². The van der Waals surface area contributed by atoms with Gasteiger partial charge in [-0.2, -0.15) is 0 Å². The molecule has 0 aromatic carbocycles. The van der Waals surface area contributed by atoms with Gasteiger partial charge in [-0.3, -0.25) is 38.1 Å². The van der Waals surface area contributed by atoms with Crippen LogP contribution in [0.25, 0.3) is 0 Å². The number of allylic oxidation sites excluding steroid dienone is 6. The largest absolute Gasteiger partial charge is 0.470 e. The fourth-order valence-electron chi connectivity index (χ4n) is 23.2. The van der Waals surface area contributed by atoms with E-state index in [0.29, 0.717) is 63.4 Å². The van der Waals surface area contributed by atoms with Crippen LogP contribution in [0.2, 0.25) is 0 Å². The predicted molar refractivity (Wildman–Crippen MR) is 328 cm³/mol. The summed E-state index contributed by atoms with van der Waals surface area (Å²) >= 11 is 6.05. The summed E-state index contributed by atoms with van der Waals surface area (Å²) in [6, 6.07) is 0. The monoisotopic (exact) mass is 1330 g/mol. The van der Waals surface area contributed by atoms with Crippen molar-refractivity contribution in [3.63, 3.8) is 0 Å². The lowest BCUT2D eigenvalue weighted by molar-refractivity contribution is -0.250. The number of fused-ring (bicyclic) bond motifs is 17. The number of aliphatic hydroxyl groups is 5. The van der Waals surface area contributed by atoms with E-state index in [1.165, 1.54) is 19.1 Å². The zero-order valence-corrected chi connectivity index (χ0v) is 56.2. The summed E-state index contributed by atoms with van der Waals surface area (Å²) in [5.74, 6) is -5.16. The van der Waals surface area contributed by atoms with Gasteiger partial charge in [-0.05, 0) is 180 Å². The average molecular weight is 1330 g/mol. The van der Waals surface area contributed by atoms with Crippen LogP contribution >= 0.6 is 19.4 Å². The number of esters is 1. The third-order valence-corrected chi connectivity index (χ3v) is 28.0. The molecule has 0 unspecified atom stereocenters. The molecule has 12 aliphatic carbocycles. The number of hydrogen-bond donors (Lipinski definition) is 7. The number of rotatable bonds is 9. The zero-order valence-electron chi connectivity index (χ0n) is 54.5. The summed E-state index contributed by atoms with van der Waals surface area (Å²) < 4.78 is 65.4. The van der Waals surface area contributed by atoms with Crippen LogP contribution in [0.3, 0.4) is 0 Å². The van der Waals surface area contributed by atoms with Crippen LogP contribution < -0.4 is 0 Å². The van der Waals surface area contributed by atoms with Gasteiger partial charge in [0, 0.05) is 58.7 Å². The van der Waals surface area contributed by atoms with Gasteiger partial charge in [0.1, 0.15) is 29.6 Å². The van der Waals surface area contributed by atoms with Crippen molar-refractivity contribution in [1.82, 2.24) is 0 Å². The molecule has 13 rings (SSSR count). The van der Waals surface area contributed by atoms with Crippen molar-refractivity contribution in [2.45, 2.75) is 231 Å². The van der Waals surface area contributed by atoms with Gasteiger partial charge in [-0.15, -0.1) is 11.6 Å². The van der Waals surface area contributed by atoms with Crippen LogP contribution in [0.1, 0.15) is 172 Å². The SMILES string of the molecule is CC(=O)OCC(=O)[C@@]1(O)[C@H](C)C[C@H]2[C@@H]3C[C@H](F)C4=CC(=O)C=C[C@]4(C)[C@H]3[C@@H](O)C[C@@]21C.CC1(C)O[C@@H]2C[C@H]3[C@@H]4CCC5=CC(=O)CC[C@]5(C)[C@@]4(F)[C@@H](O)C[C@]3(C)[C@]2(C(=O)CCl)O1.C[C@]12CCC(=O)C=C1CC[C@@H]1[C@@H]2[C@@H](O)C[C@@]2(C)[C@H]1CC[C@]2(O)C(=O)COP(=O)(O)O. The molecule has 0 aromatic rings. The molecule has 23 heteroatoms. The first-order valence-electron chi connectivity index (χ1n) is 33.2. The summed E-state index contributed by atoms with van der Waals surface area (Å²) in [6.07, 6.45) is 10.2. The van der Waals surface area contributed by atoms with Gasteiger partial charge in [0.15, 0.2) is 46.9 Å². The number of halogens is 3. The molecule has 1 aliphatic heterocycles. The Balaban J connectivity index is 0.000000141. The molecule has 24 atom stereocenters. The van der Waals surface area contributed by atoms with Crippen molar-refractivity contribution in [2.24, 2.45) is 85.8 Å². The van der Waals surface area contributed by atoms with E-state index in [-0.39, 0.29) is 108 Å². The zero-order chi connectivity index (χ0) is 67.7. The van der Waals surface area contributed by atoms with Crippen molar-refractivity contribution < 1.29 is 101 Å². The highest BCUT2D eigenvalue weighted by molar-refractivity contribution is 7.46. The maximum absolute atomic E-state index is 17.2. The molecule has 510 valence electrons. The molecule has 1 saturated heterocycles. The van der Waals surface area contributed by atoms with E-state index < -0.39 is 136 Å². The molecule has 1 heterocycles. The van der Waals surface area contributed by atoms with Crippen LogP contribution in [0.15, 0.2) is 47.1 Å². The number of carbonyl (C=O) groups is 7. The number of aliphatic hydroxyl groups excluding tert-OH is 3. The third kappa shape index (κ3) is 9.98. The Hall–Kier alpha value is -3.57. The van der Waals surface area contributed by atoms with Crippen LogP contribution in [0.4, 0.5) is 8.78 Å². The Morgan fingerprint density at radius 1 is 0.707 bits per heavy atom. The quantitative estimate of drug-likeness (QED) is 0.0651. The van der Waals surface area contributed by atoms with Gasteiger partial charge < -0.3 is 49.5 Å². The molecule has 7 N–H and O–H groups in total. The topological polar surface area (TPSA) is 315 Å². The Morgan fingerprint density at radius 2 is 1.34 bits per heavy atom. The molecule has 0 radical (unpaired) electrons. The number of carbonyl (C=O) groups excluding carboxylic acids is 7. The highest BCUT2D eigenvalue weighted by Crippen LogP contribution is 2.74. The molecule has 0 amide bonds. The van der Waals surface area contributed by atoms with Crippen LogP contribution in [0.5, 0.6) is 0 Å². The van der Waals surface area contributed by atoms with Crippen LogP contribution in [-0.4, -0.2) is 154 Å². The molecular formula is C69H94ClF2O19P. The van der Waals surface area contributed by atoms with E-state index in [1.54, 1.807) is 45.9 Å². The lowest BCUT2D eigenvalue weighted by Crippen LogP contribution is -2.70. The number of phosphoric acid groups is 1. The minimum Gasteiger partial charge on any atom is -0.458 e. The lowest BCUT2D eigenvalue weighted by Gasteiger charge is -2.63. The summed E-state index contributed by atoms with van der Waals surface area (Å²) in [4.78, 5) is 104. The second-order valence-electron chi connectivity index (χ2n) is 31.8. The minimum absolute atomic E-state index is 0.00547. The minimum atomic E-state index is -4.83. The van der Waals surface area contributed by atoms with E-state index in [9.17, 15) is 63.7 Å². The van der Waals surface area contributed by atoms with E-state index >= 15 is 8.78 Å². The van der Waals surface area contributed by atoms with E-state index in [0.717, 1.165) is 24.0 Å². The standard InChI is InChI=1S/C24H32ClFO5.C24H31FO6.C21H31O8P/c1-20(2)30-19-10-16-15-6-5-13-9-14(27)7-8-21(13,3)23(15,26)17(28)11-22(16,4)24(19,31-20)18(29)12-25;1-12-7-16-15-9-18(25)17-8-14(27)5-6-22(17,3)21(15)19(28)10-23(16,4)24(12,30)20(29)11-31-13(2)26;1-19-7-5-13(22)9-12(19)3-4-14-15-6-8-21(25,17(24)11-29-30(26,27)28)20(15,2)10-16(23)18(14)19/h9,15-17,19,28H,5-8,10-12H2,1-4H3;5-6,8,12,15-16,18-19,21,28,30H,7,9-11H2,1-4H3;9,14-16,18,23,25H,3-8,10-11H2,1-2H3,(H2,26,27,28)/t15-,16-,17-,19+,21-,22-,23-,24+;12-,15+,16+,18+,19+,21-,22+,23+,24+;14-,15-,16-,18+,19-,20-,21-/m010/s1. The van der Waals surface area contributed by atoms with Crippen molar-refractivity contribution in [3.8, 4) is 0 Å². The average Bonchev–Trinajstić information content (AvgIpc) is 1.43. The second kappa shape index (κ2) is 23.0. The fourth-order valence-corrected chi connectivity index (χ4v) is 23.7. The van der Waals surface area contributed by atoms with Gasteiger partial charge in [-0.25, -0.2) is 13.3 Å². The Morgan fingerprint density at radius 3 is 1.99 bits per heavy atom. The fraction of sp³-hybridized carbons (Fsp3) is 0.783. The van der Waals surface area contributed by atoms with E-state index in [1.807, 2.05) is 27.7 Å². The predicted octanol–water partition coefficient (Wildman–Crippen LogP) is 8.11.